The van der Waals surface area contributed by atoms with Gasteiger partial charge >= 0.3 is 0 Å². The van der Waals surface area contributed by atoms with E-state index < -0.39 is 0 Å². The number of H-pyrrole nitrogens is 1. The van der Waals surface area contributed by atoms with E-state index in [4.69, 9.17) is 0 Å². The maximum absolute atomic E-state index is 12.4. The molecule has 0 aliphatic carbocycles. The number of amides is 1. The van der Waals surface area contributed by atoms with Crippen LogP contribution in [-0.2, 0) is 11.2 Å². The van der Waals surface area contributed by atoms with Crippen molar-refractivity contribution in [1.82, 2.24) is 24.8 Å². The molecule has 0 fully saturated rings. The molecule has 9 heteroatoms. The van der Waals surface area contributed by atoms with E-state index in [-0.39, 0.29) is 23.0 Å². The fourth-order valence-corrected chi connectivity index (χ4v) is 3.83. The highest BCUT2D eigenvalue weighted by Crippen LogP contribution is 2.19. The van der Waals surface area contributed by atoms with Crippen LogP contribution in [0.2, 0.25) is 0 Å². The molecule has 158 valence electrons. The molecule has 4 aromatic rings. The number of nitrogens with one attached hydrogen (secondary N) is 2. The van der Waals surface area contributed by atoms with Gasteiger partial charge in [-0.1, -0.05) is 59.3 Å². The second-order valence-electron chi connectivity index (χ2n) is 7.44. The minimum Gasteiger partial charge on any atom is -0.325 e. The molecule has 0 aliphatic heterocycles. The van der Waals surface area contributed by atoms with Crippen molar-refractivity contribution in [3.8, 4) is 0 Å². The zero-order chi connectivity index (χ0) is 22.0. The Bertz CT molecular complexity index is 1310. The molecule has 1 amide bonds. The maximum Gasteiger partial charge on any atom is 0.274 e. The summed E-state index contributed by atoms with van der Waals surface area (Å²) in [5.74, 6) is 0.232. The minimum atomic E-state index is -0.301. The van der Waals surface area contributed by atoms with Crippen LogP contribution in [0.4, 0.5) is 5.69 Å². The van der Waals surface area contributed by atoms with Gasteiger partial charge in [-0.2, -0.15) is 9.61 Å². The summed E-state index contributed by atoms with van der Waals surface area (Å²) in [5.41, 5.74) is 5.12. The second-order valence-corrected chi connectivity index (χ2v) is 8.38. The van der Waals surface area contributed by atoms with Crippen LogP contribution in [0.25, 0.3) is 5.78 Å². The lowest BCUT2D eigenvalue weighted by Crippen LogP contribution is -2.19. The van der Waals surface area contributed by atoms with E-state index in [0.717, 1.165) is 27.9 Å². The molecule has 4 rings (SSSR count). The Morgan fingerprint density at radius 1 is 1.06 bits per heavy atom. The fraction of sp³-hybridized carbons (Fsp3) is 0.227. The van der Waals surface area contributed by atoms with Gasteiger partial charge < -0.3 is 5.32 Å². The number of hydrogen-bond acceptors (Lipinski definition) is 6. The predicted molar refractivity (Wildman–Crippen MR) is 121 cm³/mol. The topological polar surface area (TPSA) is 105 Å². The molecule has 0 unspecified atom stereocenters. The number of benzene rings is 2. The fourth-order valence-electron chi connectivity index (χ4n) is 3.15. The first-order chi connectivity index (χ1) is 14.9. The number of rotatable bonds is 6. The van der Waals surface area contributed by atoms with Crippen LogP contribution in [0.3, 0.4) is 0 Å². The van der Waals surface area contributed by atoms with Gasteiger partial charge in [-0.15, -0.1) is 10.2 Å². The molecule has 0 bridgehead atoms. The van der Waals surface area contributed by atoms with Crippen LogP contribution in [0.1, 0.15) is 27.9 Å². The van der Waals surface area contributed by atoms with Crippen molar-refractivity contribution in [2.75, 3.05) is 11.1 Å². The van der Waals surface area contributed by atoms with Crippen LogP contribution >= 0.6 is 11.8 Å². The lowest BCUT2D eigenvalue weighted by atomic mass is 10.1. The van der Waals surface area contributed by atoms with Crippen molar-refractivity contribution in [3.63, 3.8) is 0 Å². The molecule has 8 nitrogen and oxygen atoms in total. The van der Waals surface area contributed by atoms with Gasteiger partial charge in [0.25, 0.3) is 11.3 Å². The summed E-state index contributed by atoms with van der Waals surface area (Å²) in [6, 6.07) is 13.8. The molecule has 2 heterocycles. The van der Waals surface area contributed by atoms with Gasteiger partial charge in [0.2, 0.25) is 11.1 Å². The first-order valence-corrected chi connectivity index (χ1v) is 10.8. The number of thioether (sulfide) groups is 1. The summed E-state index contributed by atoms with van der Waals surface area (Å²) in [7, 11) is 0. The van der Waals surface area contributed by atoms with Gasteiger partial charge in [0.1, 0.15) is 5.69 Å². The molecule has 31 heavy (non-hydrogen) atoms. The van der Waals surface area contributed by atoms with Gasteiger partial charge in [-0.3, -0.25) is 14.6 Å². The Labute approximate surface area is 183 Å². The molecule has 0 saturated carbocycles. The first kappa shape index (κ1) is 20.8. The van der Waals surface area contributed by atoms with E-state index in [1.165, 1.54) is 16.3 Å². The minimum absolute atomic E-state index is 0.141. The Morgan fingerprint density at radius 2 is 1.81 bits per heavy atom. The Morgan fingerprint density at radius 3 is 2.55 bits per heavy atom. The van der Waals surface area contributed by atoms with E-state index >= 15 is 0 Å². The van der Waals surface area contributed by atoms with Crippen LogP contribution in [0, 0.1) is 20.8 Å². The maximum atomic E-state index is 12.4. The van der Waals surface area contributed by atoms with Crippen LogP contribution in [0.15, 0.2) is 52.4 Å². The van der Waals surface area contributed by atoms with Crippen molar-refractivity contribution >= 4 is 29.1 Å². The number of aromatic amines is 1. The third-order valence-corrected chi connectivity index (χ3v) is 5.72. The number of hydrogen-bond donors (Lipinski definition) is 2. The summed E-state index contributed by atoms with van der Waals surface area (Å²) in [5, 5.41) is 15.8. The molecule has 2 aromatic carbocycles. The molecule has 0 saturated heterocycles. The van der Waals surface area contributed by atoms with Gasteiger partial charge in [0.05, 0.1) is 5.75 Å². The highest BCUT2D eigenvalue weighted by Gasteiger charge is 2.14. The predicted octanol–water partition coefficient (Wildman–Crippen LogP) is 3.06. The van der Waals surface area contributed by atoms with Crippen molar-refractivity contribution in [3.05, 3.63) is 80.8 Å². The van der Waals surface area contributed by atoms with E-state index in [2.05, 4.69) is 25.6 Å². The van der Waals surface area contributed by atoms with Crippen molar-refractivity contribution < 1.29 is 4.79 Å². The smallest absolute Gasteiger partial charge is 0.274 e. The summed E-state index contributed by atoms with van der Waals surface area (Å²) >= 11 is 1.21. The molecule has 0 aliphatic rings. The number of aromatic nitrogens is 5. The van der Waals surface area contributed by atoms with Crippen LogP contribution in [-0.4, -0.2) is 36.5 Å². The first-order valence-electron chi connectivity index (χ1n) is 9.79. The zero-order valence-electron chi connectivity index (χ0n) is 17.5. The molecule has 2 aromatic heterocycles. The highest BCUT2D eigenvalue weighted by molar-refractivity contribution is 7.99. The molecular formula is C22H22N6O2S. The van der Waals surface area contributed by atoms with Gasteiger partial charge in [-0.25, -0.2) is 0 Å². The standard InChI is InChI=1S/C22H22N6O2S/c1-13-4-7-16(8-5-13)11-18-20(30)24-21-25-26-22(28(21)27-18)31-12-19(29)23-17-9-6-14(2)10-15(17)3/h4-10H,11-12H2,1-3H3,(H,23,29)(H,24,25,30). The van der Waals surface area contributed by atoms with Crippen LogP contribution in [0.5, 0.6) is 0 Å². The van der Waals surface area contributed by atoms with Crippen molar-refractivity contribution in [2.45, 2.75) is 32.3 Å². The molecule has 2 N–H and O–H groups in total. The molecular weight excluding hydrogens is 412 g/mol. The lowest BCUT2D eigenvalue weighted by Gasteiger charge is -2.08. The van der Waals surface area contributed by atoms with E-state index in [1.807, 2.05) is 63.2 Å². The number of anilines is 1. The third kappa shape index (κ3) is 4.83. The Balaban J connectivity index is 1.49. The second kappa shape index (κ2) is 8.73. The number of carbonyl (C=O) groups excluding carboxylic acids is 1. The summed E-state index contributed by atoms with van der Waals surface area (Å²) < 4.78 is 1.47. The summed E-state index contributed by atoms with van der Waals surface area (Å²) in [4.78, 5) is 27.5. The number of carbonyl (C=O) groups is 1. The zero-order valence-corrected chi connectivity index (χ0v) is 18.3. The third-order valence-electron chi connectivity index (χ3n) is 4.80. The number of aryl methyl sites for hydroxylation is 3. The Hall–Kier alpha value is -3.46. The average Bonchev–Trinajstić information content (AvgIpc) is 3.12. The summed E-state index contributed by atoms with van der Waals surface area (Å²) in [6.07, 6.45) is 0.390. The van der Waals surface area contributed by atoms with Crippen molar-refractivity contribution in [1.29, 1.82) is 0 Å². The monoisotopic (exact) mass is 434 g/mol. The average molecular weight is 435 g/mol. The van der Waals surface area contributed by atoms with Gasteiger partial charge in [0.15, 0.2) is 0 Å². The largest absolute Gasteiger partial charge is 0.325 e. The summed E-state index contributed by atoms with van der Waals surface area (Å²) in [6.45, 7) is 5.98. The van der Waals surface area contributed by atoms with E-state index in [1.54, 1.807) is 0 Å². The van der Waals surface area contributed by atoms with E-state index in [9.17, 15) is 9.59 Å². The highest BCUT2D eigenvalue weighted by atomic mass is 32.2. The van der Waals surface area contributed by atoms with Gasteiger partial charge in [-0.05, 0) is 38.0 Å². The molecule has 0 atom stereocenters. The molecule has 0 radical (unpaired) electrons. The van der Waals surface area contributed by atoms with Crippen molar-refractivity contribution in [2.24, 2.45) is 0 Å². The van der Waals surface area contributed by atoms with Crippen LogP contribution < -0.4 is 10.9 Å². The SMILES string of the molecule is Cc1ccc(Cc2nn3c(SCC(=O)Nc4ccc(C)cc4C)nnc3[nH]c2=O)cc1. The lowest BCUT2D eigenvalue weighted by molar-refractivity contribution is -0.113. The normalized spacial score (nSPS) is 11.1. The van der Waals surface area contributed by atoms with Gasteiger partial charge in [0, 0.05) is 12.1 Å². The molecule has 0 spiro atoms. The number of fused-ring (bicyclic) bond motifs is 1. The quantitative estimate of drug-likeness (QED) is 0.452. The Kier molecular flexibility index (Phi) is 5.85. The number of nitrogens with zero attached hydrogens (tertiary/aromatic N) is 4. The van der Waals surface area contributed by atoms with E-state index in [0.29, 0.717) is 17.3 Å².